The molecule has 0 radical (unpaired) electrons. The smallest absolute Gasteiger partial charge is 0.336 e. The molecule has 1 aromatic heterocycles. The highest BCUT2D eigenvalue weighted by Crippen LogP contribution is 2.27. The minimum atomic E-state index is -0.488. The SMILES string of the molecule is CC(=O)c1ccc2oc(=O)ccc2c1O. The van der Waals surface area contributed by atoms with Gasteiger partial charge in [0.25, 0.3) is 0 Å². The minimum absolute atomic E-state index is 0.149. The van der Waals surface area contributed by atoms with Crippen molar-refractivity contribution in [2.24, 2.45) is 0 Å². The Balaban J connectivity index is 2.85. The third-order valence-corrected chi connectivity index (χ3v) is 2.15. The number of phenols is 1. The predicted octanol–water partition coefficient (Wildman–Crippen LogP) is 1.70. The molecule has 0 amide bonds. The molecule has 4 heteroatoms. The fraction of sp³-hybridized carbons (Fsp3) is 0.0909. The van der Waals surface area contributed by atoms with Crippen molar-refractivity contribution in [2.45, 2.75) is 6.92 Å². The number of hydrogen-bond donors (Lipinski definition) is 1. The fourth-order valence-corrected chi connectivity index (χ4v) is 1.42. The lowest BCUT2D eigenvalue weighted by atomic mass is 10.1. The van der Waals surface area contributed by atoms with E-state index in [0.29, 0.717) is 5.39 Å². The van der Waals surface area contributed by atoms with Crippen molar-refractivity contribution >= 4 is 16.8 Å². The summed E-state index contributed by atoms with van der Waals surface area (Å²) in [6.45, 7) is 1.36. The van der Waals surface area contributed by atoms with Gasteiger partial charge >= 0.3 is 5.63 Å². The number of aromatic hydroxyl groups is 1. The first-order chi connectivity index (χ1) is 7.09. The summed E-state index contributed by atoms with van der Waals surface area (Å²) in [5, 5.41) is 10.1. The van der Waals surface area contributed by atoms with Crippen LogP contribution in [0.2, 0.25) is 0 Å². The molecule has 76 valence electrons. The van der Waals surface area contributed by atoms with Crippen LogP contribution in [0.4, 0.5) is 0 Å². The molecule has 0 aliphatic rings. The summed E-state index contributed by atoms with van der Waals surface area (Å²) >= 11 is 0. The molecule has 1 N–H and O–H groups in total. The van der Waals surface area contributed by atoms with Gasteiger partial charge in [0.05, 0.1) is 10.9 Å². The second-order valence-corrected chi connectivity index (χ2v) is 3.18. The largest absolute Gasteiger partial charge is 0.506 e. The molecule has 15 heavy (non-hydrogen) atoms. The molecular weight excluding hydrogens is 196 g/mol. The maximum atomic E-state index is 11.1. The molecule has 4 nitrogen and oxygen atoms in total. The van der Waals surface area contributed by atoms with Crippen molar-refractivity contribution in [3.63, 3.8) is 0 Å². The van der Waals surface area contributed by atoms with E-state index in [1.807, 2.05) is 0 Å². The number of hydrogen-bond acceptors (Lipinski definition) is 4. The number of carbonyl (C=O) groups is 1. The summed E-state index contributed by atoms with van der Waals surface area (Å²) in [7, 11) is 0. The van der Waals surface area contributed by atoms with Crippen LogP contribution in [0.3, 0.4) is 0 Å². The van der Waals surface area contributed by atoms with Gasteiger partial charge < -0.3 is 9.52 Å². The molecule has 0 spiro atoms. The Morgan fingerprint density at radius 1 is 1.27 bits per heavy atom. The van der Waals surface area contributed by atoms with Gasteiger partial charge in [-0.1, -0.05) is 0 Å². The average molecular weight is 204 g/mol. The zero-order chi connectivity index (χ0) is 11.0. The lowest BCUT2D eigenvalue weighted by Gasteiger charge is -2.03. The van der Waals surface area contributed by atoms with Gasteiger partial charge in [-0.2, -0.15) is 0 Å². The molecule has 0 saturated carbocycles. The maximum absolute atomic E-state index is 11.1. The number of Topliss-reactive ketones (excluding diaryl/α,β-unsaturated/α-hetero) is 1. The first-order valence-corrected chi connectivity index (χ1v) is 4.36. The molecule has 1 heterocycles. The van der Waals surface area contributed by atoms with Crippen LogP contribution in [0.1, 0.15) is 17.3 Å². The number of phenolic OH excluding ortho intramolecular Hbond substituents is 1. The highest BCUT2D eigenvalue weighted by Gasteiger charge is 2.11. The van der Waals surface area contributed by atoms with Crippen molar-refractivity contribution in [2.75, 3.05) is 0 Å². The van der Waals surface area contributed by atoms with E-state index in [1.165, 1.54) is 31.2 Å². The number of rotatable bonds is 1. The van der Waals surface area contributed by atoms with Crippen molar-refractivity contribution in [3.8, 4) is 5.75 Å². The molecule has 0 unspecified atom stereocenters. The molecule has 1 aromatic carbocycles. The van der Waals surface area contributed by atoms with Crippen molar-refractivity contribution in [3.05, 3.63) is 40.2 Å². The third-order valence-electron chi connectivity index (χ3n) is 2.15. The quantitative estimate of drug-likeness (QED) is 0.567. The van der Waals surface area contributed by atoms with Gasteiger partial charge in [-0.3, -0.25) is 4.79 Å². The van der Waals surface area contributed by atoms with Gasteiger partial charge in [-0.05, 0) is 25.1 Å². The molecule has 0 fully saturated rings. The van der Waals surface area contributed by atoms with E-state index in [4.69, 9.17) is 4.42 Å². The number of ketones is 1. The maximum Gasteiger partial charge on any atom is 0.336 e. The zero-order valence-electron chi connectivity index (χ0n) is 7.98. The minimum Gasteiger partial charge on any atom is -0.506 e. The van der Waals surface area contributed by atoms with Gasteiger partial charge in [-0.25, -0.2) is 4.79 Å². The highest BCUT2D eigenvalue weighted by molar-refractivity contribution is 6.02. The van der Waals surface area contributed by atoms with E-state index in [0.717, 1.165) is 0 Å². The van der Waals surface area contributed by atoms with Crippen LogP contribution >= 0.6 is 0 Å². The van der Waals surface area contributed by atoms with Crippen molar-refractivity contribution < 1.29 is 14.3 Å². The average Bonchev–Trinajstić information content (AvgIpc) is 2.17. The summed E-state index contributed by atoms with van der Waals surface area (Å²) in [5.74, 6) is -0.385. The van der Waals surface area contributed by atoms with Gasteiger partial charge in [0.2, 0.25) is 0 Å². The second kappa shape index (κ2) is 3.24. The summed E-state index contributed by atoms with van der Waals surface area (Å²) in [6.07, 6.45) is 0. The van der Waals surface area contributed by atoms with Gasteiger partial charge in [0, 0.05) is 6.07 Å². The predicted molar refractivity (Wildman–Crippen MR) is 54.2 cm³/mol. The number of carbonyl (C=O) groups excluding carboxylic acids is 1. The summed E-state index contributed by atoms with van der Waals surface area (Å²) in [6, 6.07) is 5.56. The van der Waals surface area contributed by atoms with Crippen LogP contribution in [-0.4, -0.2) is 10.9 Å². The second-order valence-electron chi connectivity index (χ2n) is 3.18. The first kappa shape index (κ1) is 9.45. The van der Waals surface area contributed by atoms with E-state index in [2.05, 4.69) is 0 Å². The van der Waals surface area contributed by atoms with E-state index in [1.54, 1.807) is 0 Å². The van der Waals surface area contributed by atoms with Crippen molar-refractivity contribution in [1.29, 1.82) is 0 Å². The first-order valence-electron chi connectivity index (χ1n) is 4.36. The number of benzene rings is 1. The Bertz CT molecular complexity index is 595. The lowest BCUT2D eigenvalue weighted by molar-refractivity contribution is 0.101. The van der Waals surface area contributed by atoms with Crippen LogP contribution in [0, 0.1) is 0 Å². The van der Waals surface area contributed by atoms with E-state index in [-0.39, 0.29) is 22.7 Å². The molecule has 0 atom stereocenters. The standard InChI is InChI=1S/C11H8O4/c1-6(12)7-2-4-9-8(11(7)14)3-5-10(13)15-9/h2-5,14H,1H3. The summed E-state index contributed by atoms with van der Waals surface area (Å²) in [4.78, 5) is 22.0. The fourth-order valence-electron chi connectivity index (χ4n) is 1.42. The molecule has 2 aromatic rings. The third kappa shape index (κ3) is 1.50. The summed E-state index contributed by atoms with van der Waals surface area (Å²) < 4.78 is 4.85. The van der Waals surface area contributed by atoms with Crippen LogP contribution in [0.15, 0.2) is 33.5 Å². The van der Waals surface area contributed by atoms with Gasteiger partial charge in [-0.15, -0.1) is 0 Å². The van der Waals surface area contributed by atoms with Crippen LogP contribution < -0.4 is 5.63 Å². The highest BCUT2D eigenvalue weighted by atomic mass is 16.4. The zero-order valence-corrected chi connectivity index (χ0v) is 7.98. The van der Waals surface area contributed by atoms with Crippen LogP contribution in [0.5, 0.6) is 5.75 Å². The molecular formula is C11H8O4. The topological polar surface area (TPSA) is 67.5 Å². The lowest BCUT2D eigenvalue weighted by Crippen LogP contribution is -1.97. The van der Waals surface area contributed by atoms with Gasteiger partial charge in [0.15, 0.2) is 5.78 Å². The van der Waals surface area contributed by atoms with E-state index < -0.39 is 5.63 Å². The molecule has 0 bridgehead atoms. The van der Waals surface area contributed by atoms with Crippen LogP contribution in [0.25, 0.3) is 11.0 Å². The molecule has 0 aliphatic carbocycles. The Morgan fingerprint density at radius 3 is 2.67 bits per heavy atom. The molecule has 2 rings (SSSR count). The molecule has 0 saturated heterocycles. The Hall–Kier alpha value is -2.10. The Labute approximate surface area is 84.8 Å². The molecule has 0 aliphatic heterocycles. The monoisotopic (exact) mass is 204 g/mol. The van der Waals surface area contributed by atoms with Crippen molar-refractivity contribution in [1.82, 2.24) is 0 Å². The Kier molecular flexibility index (Phi) is 2.04. The van der Waals surface area contributed by atoms with Gasteiger partial charge in [0.1, 0.15) is 11.3 Å². The van der Waals surface area contributed by atoms with Crippen LogP contribution in [-0.2, 0) is 0 Å². The Morgan fingerprint density at radius 2 is 2.00 bits per heavy atom. The number of fused-ring (bicyclic) bond motifs is 1. The van der Waals surface area contributed by atoms with E-state index in [9.17, 15) is 14.7 Å². The normalized spacial score (nSPS) is 10.5. The summed E-state index contributed by atoms with van der Waals surface area (Å²) in [5.41, 5.74) is -0.00109. The van der Waals surface area contributed by atoms with E-state index >= 15 is 0 Å².